The van der Waals surface area contributed by atoms with Gasteiger partial charge in [-0.25, -0.2) is 0 Å². The number of fused-ring (bicyclic) bond motifs is 6. The van der Waals surface area contributed by atoms with Crippen LogP contribution in [-0.4, -0.2) is 16.7 Å². The molecule has 0 unspecified atom stereocenters. The first-order valence-corrected chi connectivity index (χ1v) is 9.18. The lowest BCUT2D eigenvalue weighted by Gasteiger charge is -2.20. The number of hydrogen-bond acceptors (Lipinski definition) is 4. The average molecular weight is 370 g/mol. The third kappa shape index (κ3) is 2.12. The first-order chi connectivity index (χ1) is 13.3. The summed E-state index contributed by atoms with van der Waals surface area (Å²) in [5.74, 6) is -0.841. The second-order valence-electron chi connectivity index (χ2n) is 8.29. The number of ketones is 2. The molecule has 28 heavy (non-hydrogen) atoms. The zero-order chi connectivity index (χ0) is 19.8. The molecule has 0 atom stereocenters. The molecule has 0 saturated carbocycles. The van der Waals surface area contributed by atoms with Crippen LogP contribution in [0.15, 0.2) is 52.9 Å². The molecule has 0 saturated heterocycles. The fraction of sp³-hybridized carbons (Fsp3) is 0.167. The molecule has 4 heteroatoms. The van der Waals surface area contributed by atoms with Gasteiger partial charge in [0.1, 0.15) is 16.9 Å². The molecular weight excluding hydrogens is 352 g/mol. The molecule has 0 bridgehead atoms. The fourth-order valence-corrected chi connectivity index (χ4v) is 4.00. The predicted octanol–water partition coefficient (Wildman–Crippen LogP) is 5.36. The van der Waals surface area contributed by atoms with Gasteiger partial charge >= 0.3 is 0 Å². The topological polar surface area (TPSA) is 67.5 Å². The lowest BCUT2D eigenvalue weighted by atomic mass is 9.81. The third-order valence-electron chi connectivity index (χ3n) is 5.48. The molecule has 0 spiro atoms. The van der Waals surface area contributed by atoms with Crippen LogP contribution >= 0.6 is 0 Å². The van der Waals surface area contributed by atoms with Crippen molar-refractivity contribution in [2.75, 3.05) is 0 Å². The standard InChI is InChI=1S/C24H18O4/c1-24(2,3)12-8-9-17-15(10-12)19-18(28-17)11-16(25)20-21(19)23(27)14-7-5-4-6-13(14)22(20)26/h4-11,25H,1-3H3. The second kappa shape index (κ2) is 5.32. The van der Waals surface area contributed by atoms with Gasteiger partial charge in [0.05, 0.1) is 5.56 Å². The Kier molecular flexibility index (Phi) is 3.18. The van der Waals surface area contributed by atoms with E-state index in [9.17, 15) is 14.7 Å². The maximum Gasteiger partial charge on any atom is 0.198 e. The third-order valence-corrected chi connectivity index (χ3v) is 5.48. The van der Waals surface area contributed by atoms with Gasteiger partial charge in [0.2, 0.25) is 0 Å². The van der Waals surface area contributed by atoms with Gasteiger partial charge < -0.3 is 9.52 Å². The van der Waals surface area contributed by atoms with E-state index in [0.29, 0.717) is 27.7 Å². The van der Waals surface area contributed by atoms with E-state index in [-0.39, 0.29) is 33.9 Å². The summed E-state index contributed by atoms with van der Waals surface area (Å²) >= 11 is 0. The highest BCUT2D eigenvalue weighted by Gasteiger charge is 2.35. The fourth-order valence-electron chi connectivity index (χ4n) is 4.00. The van der Waals surface area contributed by atoms with Gasteiger partial charge in [-0.05, 0) is 23.1 Å². The van der Waals surface area contributed by atoms with Crippen LogP contribution in [0.5, 0.6) is 5.75 Å². The van der Waals surface area contributed by atoms with Gasteiger partial charge in [-0.3, -0.25) is 9.59 Å². The smallest absolute Gasteiger partial charge is 0.198 e. The molecule has 1 aliphatic rings. The van der Waals surface area contributed by atoms with Gasteiger partial charge in [0.15, 0.2) is 11.6 Å². The van der Waals surface area contributed by atoms with Crippen LogP contribution < -0.4 is 0 Å². The van der Waals surface area contributed by atoms with Gasteiger partial charge in [0.25, 0.3) is 0 Å². The van der Waals surface area contributed by atoms with E-state index in [4.69, 9.17) is 4.42 Å². The lowest BCUT2D eigenvalue weighted by molar-refractivity contribution is 0.0978. The number of hydrogen-bond donors (Lipinski definition) is 1. The minimum absolute atomic E-state index is 0.0556. The maximum atomic E-state index is 13.3. The van der Waals surface area contributed by atoms with Crippen molar-refractivity contribution >= 4 is 33.5 Å². The first-order valence-electron chi connectivity index (χ1n) is 9.18. The van der Waals surface area contributed by atoms with Crippen LogP contribution in [-0.2, 0) is 5.41 Å². The summed E-state index contributed by atoms with van der Waals surface area (Å²) in [6.45, 7) is 6.34. The summed E-state index contributed by atoms with van der Waals surface area (Å²) in [4.78, 5) is 26.4. The highest BCUT2D eigenvalue weighted by Crippen LogP contribution is 2.42. The van der Waals surface area contributed by atoms with Gasteiger partial charge in [-0.2, -0.15) is 0 Å². The lowest BCUT2D eigenvalue weighted by Crippen LogP contribution is -2.21. The molecule has 138 valence electrons. The number of phenolic OH excluding ortho intramolecular Hbond substituents is 1. The van der Waals surface area contributed by atoms with E-state index in [2.05, 4.69) is 20.8 Å². The Hall–Kier alpha value is -3.40. The molecule has 1 aromatic heterocycles. The van der Waals surface area contributed by atoms with Crippen molar-refractivity contribution in [3.63, 3.8) is 0 Å². The van der Waals surface area contributed by atoms with Crippen LogP contribution in [0.4, 0.5) is 0 Å². The Balaban J connectivity index is 1.94. The monoisotopic (exact) mass is 370 g/mol. The number of rotatable bonds is 0. The van der Waals surface area contributed by atoms with Crippen molar-refractivity contribution in [3.8, 4) is 5.75 Å². The summed E-state index contributed by atoms with van der Waals surface area (Å²) in [7, 11) is 0. The number of benzene rings is 3. The van der Waals surface area contributed by atoms with E-state index in [0.717, 1.165) is 10.9 Å². The number of aromatic hydroxyl groups is 1. The molecule has 0 fully saturated rings. The van der Waals surface area contributed by atoms with Crippen LogP contribution in [0.25, 0.3) is 21.9 Å². The zero-order valence-electron chi connectivity index (χ0n) is 15.8. The predicted molar refractivity (Wildman–Crippen MR) is 107 cm³/mol. The van der Waals surface area contributed by atoms with Crippen molar-refractivity contribution in [2.24, 2.45) is 0 Å². The van der Waals surface area contributed by atoms with E-state index in [1.54, 1.807) is 24.3 Å². The first kappa shape index (κ1) is 16.8. The van der Waals surface area contributed by atoms with Gasteiger partial charge in [-0.1, -0.05) is 51.1 Å². The number of carbonyl (C=O) groups is 2. The average Bonchev–Trinajstić information content (AvgIpc) is 3.01. The minimum Gasteiger partial charge on any atom is -0.507 e. The molecule has 4 nitrogen and oxygen atoms in total. The molecule has 4 aromatic rings. The van der Waals surface area contributed by atoms with Crippen LogP contribution in [0, 0.1) is 0 Å². The van der Waals surface area contributed by atoms with Gasteiger partial charge in [-0.15, -0.1) is 0 Å². The largest absolute Gasteiger partial charge is 0.507 e. The summed E-state index contributed by atoms with van der Waals surface area (Å²) < 4.78 is 5.92. The van der Waals surface area contributed by atoms with Crippen molar-refractivity contribution in [3.05, 3.63) is 76.3 Å². The van der Waals surface area contributed by atoms with Crippen molar-refractivity contribution in [1.82, 2.24) is 0 Å². The molecule has 0 amide bonds. The Bertz CT molecular complexity index is 1330. The molecule has 0 aliphatic heterocycles. The molecule has 1 heterocycles. The number of phenols is 1. The molecule has 1 aliphatic carbocycles. The summed E-state index contributed by atoms with van der Waals surface area (Å²) in [6.07, 6.45) is 0. The number of furan rings is 1. The Morgan fingerprint density at radius 1 is 0.821 bits per heavy atom. The Morgan fingerprint density at radius 3 is 2.11 bits per heavy atom. The molecule has 1 N–H and O–H groups in total. The zero-order valence-corrected chi connectivity index (χ0v) is 15.8. The molecule has 5 rings (SSSR count). The van der Waals surface area contributed by atoms with Crippen molar-refractivity contribution in [1.29, 1.82) is 0 Å². The van der Waals surface area contributed by atoms with Gasteiger partial charge in [0, 0.05) is 33.5 Å². The van der Waals surface area contributed by atoms with Crippen LogP contribution in [0.2, 0.25) is 0 Å². The van der Waals surface area contributed by atoms with Crippen molar-refractivity contribution in [2.45, 2.75) is 26.2 Å². The van der Waals surface area contributed by atoms with E-state index in [1.165, 1.54) is 6.07 Å². The van der Waals surface area contributed by atoms with Crippen molar-refractivity contribution < 1.29 is 19.1 Å². The van der Waals surface area contributed by atoms with E-state index >= 15 is 0 Å². The summed E-state index contributed by atoms with van der Waals surface area (Å²) in [5, 5.41) is 11.9. The molecule has 3 aromatic carbocycles. The minimum atomic E-state index is -0.342. The molecular formula is C24H18O4. The Labute approximate surface area is 161 Å². The SMILES string of the molecule is CC(C)(C)c1ccc2oc3cc(O)c4c(c3c2c1)C(=O)c1ccccc1C4=O. The highest BCUT2D eigenvalue weighted by atomic mass is 16.3. The molecule has 0 radical (unpaired) electrons. The van der Waals surface area contributed by atoms with E-state index < -0.39 is 0 Å². The normalized spacial score (nSPS) is 13.8. The van der Waals surface area contributed by atoms with Crippen LogP contribution in [0.1, 0.15) is 58.2 Å². The summed E-state index contributed by atoms with van der Waals surface area (Å²) in [6, 6.07) is 14.0. The van der Waals surface area contributed by atoms with E-state index in [1.807, 2.05) is 18.2 Å². The summed E-state index contributed by atoms with van der Waals surface area (Å²) in [5.41, 5.74) is 2.99. The van der Waals surface area contributed by atoms with Crippen LogP contribution in [0.3, 0.4) is 0 Å². The highest BCUT2D eigenvalue weighted by molar-refractivity contribution is 6.35. The number of carbonyl (C=O) groups excluding carboxylic acids is 2. The quantitative estimate of drug-likeness (QED) is 0.398. The second-order valence-corrected chi connectivity index (χ2v) is 8.29. The maximum absolute atomic E-state index is 13.3. The Morgan fingerprint density at radius 2 is 1.46 bits per heavy atom.